The van der Waals surface area contributed by atoms with Gasteiger partial charge in [-0.05, 0) is 41.8 Å². The van der Waals surface area contributed by atoms with Crippen molar-refractivity contribution in [3.63, 3.8) is 0 Å². The molecule has 0 aromatic heterocycles. The second kappa shape index (κ2) is 11.0. The number of rotatable bonds is 9. The average molecular weight is 423 g/mol. The number of ether oxygens (including phenoxy) is 2. The maximum atomic E-state index is 6.19. The number of nitrogens with zero attached hydrogens (tertiary/aromatic N) is 2. The Bertz CT molecular complexity index is 732. The molecule has 2 aromatic carbocycles. The van der Waals surface area contributed by atoms with Crippen LogP contribution in [0.4, 0.5) is 0 Å². The topological polar surface area (TPSA) is 24.9 Å². The summed E-state index contributed by atoms with van der Waals surface area (Å²) in [5, 5.41) is 1.38. The summed E-state index contributed by atoms with van der Waals surface area (Å²) in [6, 6.07) is 14.0. The number of benzene rings is 2. The van der Waals surface area contributed by atoms with E-state index in [-0.39, 0.29) is 0 Å². The zero-order valence-corrected chi connectivity index (χ0v) is 17.9. The monoisotopic (exact) mass is 422 g/mol. The zero-order valence-electron chi connectivity index (χ0n) is 16.4. The zero-order chi connectivity index (χ0) is 19.8. The van der Waals surface area contributed by atoms with E-state index in [1.54, 1.807) is 13.2 Å². The smallest absolute Gasteiger partial charge is 0.118 e. The number of halogens is 2. The van der Waals surface area contributed by atoms with E-state index in [0.717, 1.165) is 63.6 Å². The van der Waals surface area contributed by atoms with E-state index in [2.05, 4.69) is 21.9 Å². The molecule has 3 rings (SSSR count). The first-order chi connectivity index (χ1) is 13.6. The van der Waals surface area contributed by atoms with Crippen LogP contribution in [0.3, 0.4) is 0 Å². The van der Waals surface area contributed by atoms with Crippen molar-refractivity contribution in [1.29, 1.82) is 0 Å². The van der Waals surface area contributed by atoms with Crippen LogP contribution in [0.15, 0.2) is 42.5 Å². The van der Waals surface area contributed by atoms with Crippen LogP contribution >= 0.6 is 23.2 Å². The molecule has 28 heavy (non-hydrogen) atoms. The Labute approximate surface area is 177 Å². The molecule has 4 nitrogen and oxygen atoms in total. The Morgan fingerprint density at radius 2 is 1.61 bits per heavy atom. The summed E-state index contributed by atoms with van der Waals surface area (Å²) >= 11 is 12.1. The highest BCUT2D eigenvalue weighted by atomic mass is 35.5. The van der Waals surface area contributed by atoms with Gasteiger partial charge in [-0.15, -0.1) is 0 Å². The van der Waals surface area contributed by atoms with E-state index in [4.69, 9.17) is 32.7 Å². The molecule has 0 unspecified atom stereocenters. The van der Waals surface area contributed by atoms with Crippen LogP contribution in [0.5, 0.6) is 5.75 Å². The van der Waals surface area contributed by atoms with Gasteiger partial charge in [0.15, 0.2) is 0 Å². The Hall–Kier alpha value is -1.30. The summed E-state index contributed by atoms with van der Waals surface area (Å²) in [4.78, 5) is 4.97. The van der Waals surface area contributed by atoms with Gasteiger partial charge in [-0.3, -0.25) is 9.80 Å². The molecule has 0 saturated carbocycles. The summed E-state index contributed by atoms with van der Waals surface area (Å²) in [6.07, 6.45) is 0.811. The highest BCUT2D eigenvalue weighted by Gasteiger charge is 2.16. The minimum Gasteiger partial charge on any atom is -0.497 e. The minimum absolute atomic E-state index is 0.667. The summed E-state index contributed by atoms with van der Waals surface area (Å²) in [5.74, 6) is 0.909. The lowest BCUT2D eigenvalue weighted by Crippen LogP contribution is -2.46. The second-order valence-corrected chi connectivity index (χ2v) is 7.91. The van der Waals surface area contributed by atoms with Gasteiger partial charge in [-0.2, -0.15) is 0 Å². The van der Waals surface area contributed by atoms with Gasteiger partial charge in [0.1, 0.15) is 5.75 Å². The summed E-state index contributed by atoms with van der Waals surface area (Å²) < 4.78 is 11.0. The predicted octanol–water partition coefficient (Wildman–Crippen LogP) is 4.38. The number of methoxy groups -OCH3 is 1. The maximum absolute atomic E-state index is 6.19. The molecule has 0 N–H and O–H groups in total. The molecule has 0 bridgehead atoms. The van der Waals surface area contributed by atoms with Crippen LogP contribution in [0.25, 0.3) is 0 Å². The quantitative estimate of drug-likeness (QED) is 0.559. The van der Waals surface area contributed by atoms with Crippen LogP contribution in [0.2, 0.25) is 10.0 Å². The highest BCUT2D eigenvalue weighted by molar-refractivity contribution is 6.35. The van der Waals surface area contributed by atoms with Crippen molar-refractivity contribution >= 4 is 23.2 Å². The van der Waals surface area contributed by atoms with Crippen LogP contribution in [-0.2, 0) is 17.7 Å². The van der Waals surface area contributed by atoms with Gasteiger partial charge in [-0.25, -0.2) is 0 Å². The molecule has 1 heterocycles. The lowest BCUT2D eigenvalue weighted by atomic mass is 10.2. The van der Waals surface area contributed by atoms with Crippen molar-refractivity contribution in [3.05, 3.63) is 63.6 Å². The van der Waals surface area contributed by atoms with Gasteiger partial charge in [0.25, 0.3) is 0 Å². The molecule has 1 fully saturated rings. The molecule has 0 spiro atoms. The normalized spacial score (nSPS) is 15.7. The van der Waals surface area contributed by atoms with E-state index in [1.165, 1.54) is 5.56 Å². The van der Waals surface area contributed by atoms with E-state index in [0.29, 0.717) is 16.7 Å². The van der Waals surface area contributed by atoms with Gasteiger partial charge in [-0.1, -0.05) is 41.4 Å². The molecule has 1 aliphatic heterocycles. The van der Waals surface area contributed by atoms with Crippen LogP contribution in [0, 0.1) is 0 Å². The fraction of sp³-hybridized carbons (Fsp3) is 0.455. The Balaban J connectivity index is 1.29. The first kappa shape index (κ1) is 21.4. The lowest BCUT2D eigenvalue weighted by molar-refractivity contribution is 0.0747. The van der Waals surface area contributed by atoms with Crippen molar-refractivity contribution in [3.8, 4) is 5.75 Å². The van der Waals surface area contributed by atoms with Crippen molar-refractivity contribution < 1.29 is 9.47 Å². The number of piperazine rings is 1. The summed E-state index contributed by atoms with van der Waals surface area (Å²) in [6.45, 7) is 7.76. The van der Waals surface area contributed by atoms with Crippen molar-refractivity contribution in [2.45, 2.75) is 13.0 Å². The molecule has 1 aliphatic rings. The molecular formula is C22H28Cl2N2O2. The van der Waals surface area contributed by atoms with Crippen LogP contribution in [-0.4, -0.2) is 62.8 Å². The van der Waals surface area contributed by atoms with Crippen molar-refractivity contribution in [2.75, 3.05) is 53.0 Å². The Morgan fingerprint density at radius 3 is 2.29 bits per heavy atom. The van der Waals surface area contributed by atoms with Gasteiger partial charge in [0, 0.05) is 49.3 Å². The molecular weight excluding hydrogens is 395 g/mol. The molecule has 6 heteroatoms. The minimum atomic E-state index is 0.667. The summed E-state index contributed by atoms with van der Waals surface area (Å²) in [7, 11) is 1.70. The van der Waals surface area contributed by atoms with Crippen LogP contribution in [0.1, 0.15) is 11.1 Å². The molecule has 0 atom stereocenters. The second-order valence-electron chi connectivity index (χ2n) is 7.06. The van der Waals surface area contributed by atoms with E-state index >= 15 is 0 Å². The molecule has 2 aromatic rings. The maximum Gasteiger partial charge on any atom is 0.118 e. The fourth-order valence-electron chi connectivity index (χ4n) is 3.36. The van der Waals surface area contributed by atoms with E-state index in [1.807, 2.05) is 24.3 Å². The highest BCUT2D eigenvalue weighted by Crippen LogP contribution is 2.21. The first-order valence-electron chi connectivity index (χ1n) is 9.73. The van der Waals surface area contributed by atoms with Crippen molar-refractivity contribution in [2.24, 2.45) is 0 Å². The van der Waals surface area contributed by atoms with Gasteiger partial charge in [0.05, 0.1) is 20.3 Å². The molecule has 1 saturated heterocycles. The molecule has 0 aliphatic carbocycles. The molecule has 152 valence electrons. The molecule has 0 amide bonds. The first-order valence-corrected chi connectivity index (χ1v) is 10.5. The largest absolute Gasteiger partial charge is 0.497 e. The SMILES string of the molecule is COc1ccc(CN2CCN(CCOCCc3ccc(Cl)cc3Cl)CC2)cc1. The van der Waals surface area contributed by atoms with Gasteiger partial charge >= 0.3 is 0 Å². The Kier molecular flexibility index (Phi) is 8.44. The lowest BCUT2D eigenvalue weighted by Gasteiger charge is -2.34. The molecule has 0 radical (unpaired) electrons. The van der Waals surface area contributed by atoms with Gasteiger partial charge < -0.3 is 9.47 Å². The number of hydrogen-bond donors (Lipinski definition) is 0. The third-order valence-electron chi connectivity index (χ3n) is 5.11. The van der Waals surface area contributed by atoms with E-state index < -0.39 is 0 Å². The van der Waals surface area contributed by atoms with E-state index in [9.17, 15) is 0 Å². The number of hydrogen-bond acceptors (Lipinski definition) is 4. The average Bonchev–Trinajstić information content (AvgIpc) is 2.71. The third kappa shape index (κ3) is 6.64. The van der Waals surface area contributed by atoms with Crippen molar-refractivity contribution in [1.82, 2.24) is 9.80 Å². The fourth-order valence-corrected chi connectivity index (χ4v) is 3.87. The predicted molar refractivity (Wildman–Crippen MR) is 116 cm³/mol. The van der Waals surface area contributed by atoms with Gasteiger partial charge in [0.2, 0.25) is 0 Å². The third-order valence-corrected chi connectivity index (χ3v) is 5.70. The summed E-state index contributed by atoms with van der Waals surface area (Å²) in [5.41, 5.74) is 2.41. The van der Waals surface area contributed by atoms with Crippen LogP contribution < -0.4 is 4.74 Å². The Morgan fingerprint density at radius 1 is 0.893 bits per heavy atom. The standard InChI is InChI=1S/C22H28Cl2N2O2/c1-27-21-6-2-18(3-7-21)17-26-11-9-25(10-12-26)13-15-28-14-8-19-4-5-20(23)16-22(19)24/h2-7,16H,8-15,17H2,1H3.